The molecule has 6 heteroatoms. The van der Waals surface area contributed by atoms with Gasteiger partial charge in [0.05, 0.1) is 17.9 Å². The van der Waals surface area contributed by atoms with Crippen LogP contribution < -0.4 is 5.32 Å². The lowest BCUT2D eigenvalue weighted by Gasteiger charge is -2.20. The van der Waals surface area contributed by atoms with Crippen LogP contribution in [-0.4, -0.2) is 28.2 Å². The van der Waals surface area contributed by atoms with Gasteiger partial charge in [-0.25, -0.2) is 0 Å². The summed E-state index contributed by atoms with van der Waals surface area (Å²) in [5.74, 6) is -0.425. The van der Waals surface area contributed by atoms with E-state index in [1.165, 1.54) is 11.8 Å². The first-order chi connectivity index (χ1) is 10.6. The minimum Gasteiger partial charge on any atom is -0.328 e. The molecule has 0 bridgehead atoms. The molecular formula is C16H16BrN3O2. The highest BCUT2D eigenvalue weighted by atomic mass is 79.9. The molecule has 0 saturated carbocycles. The molecule has 0 saturated heterocycles. The summed E-state index contributed by atoms with van der Waals surface area (Å²) in [6, 6.07) is 12.8. The first-order valence-electron chi connectivity index (χ1n) is 6.76. The van der Waals surface area contributed by atoms with E-state index < -0.39 is 0 Å². The minimum atomic E-state index is -0.252. The zero-order valence-corrected chi connectivity index (χ0v) is 13.7. The zero-order valence-electron chi connectivity index (χ0n) is 12.1. The molecular weight excluding hydrogens is 346 g/mol. The van der Waals surface area contributed by atoms with Crippen LogP contribution in [0.2, 0.25) is 0 Å². The molecule has 5 nitrogen and oxygen atoms in total. The monoisotopic (exact) mass is 361 g/mol. The van der Waals surface area contributed by atoms with Crippen molar-refractivity contribution in [1.82, 2.24) is 9.88 Å². The van der Waals surface area contributed by atoms with Gasteiger partial charge >= 0.3 is 0 Å². The average Bonchev–Trinajstić information content (AvgIpc) is 2.50. The lowest BCUT2D eigenvalue weighted by atomic mass is 10.3. The number of nitrogens with zero attached hydrogens (tertiary/aromatic N) is 2. The number of carbonyl (C=O) groups is 2. The topological polar surface area (TPSA) is 62.3 Å². The van der Waals surface area contributed by atoms with Crippen LogP contribution in [0, 0.1) is 0 Å². The van der Waals surface area contributed by atoms with Crippen molar-refractivity contribution in [3.8, 4) is 0 Å². The predicted octanol–water partition coefficient (Wildman–Crippen LogP) is 2.83. The van der Waals surface area contributed by atoms with Gasteiger partial charge in [0.2, 0.25) is 11.8 Å². The quantitative estimate of drug-likeness (QED) is 0.890. The highest BCUT2D eigenvalue weighted by molar-refractivity contribution is 9.10. The normalized spacial score (nSPS) is 10.1. The van der Waals surface area contributed by atoms with Crippen molar-refractivity contribution in [3.63, 3.8) is 0 Å². The van der Waals surface area contributed by atoms with Gasteiger partial charge in [0.1, 0.15) is 6.54 Å². The standard InChI is InChI=1S/C16H16BrN3O2/c1-12(21)20(10-13-6-4-5-9-18-13)11-16(22)19-15-8-3-2-7-14(15)17/h2-9H,10-11H2,1H3,(H,19,22). The molecule has 2 amide bonds. The first-order valence-corrected chi connectivity index (χ1v) is 7.55. The average molecular weight is 362 g/mol. The van der Waals surface area contributed by atoms with Crippen LogP contribution in [0.15, 0.2) is 53.1 Å². The molecule has 0 radical (unpaired) electrons. The summed E-state index contributed by atoms with van der Waals surface area (Å²) >= 11 is 3.37. The second kappa shape index (κ2) is 7.70. The van der Waals surface area contributed by atoms with E-state index in [0.717, 1.165) is 10.2 Å². The fraction of sp³-hybridized carbons (Fsp3) is 0.188. The molecule has 0 spiro atoms. The maximum absolute atomic E-state index is 12.1. The Morgan fingerprint density at radius 1 is 1.18 bits per heavy atom. The number of aromatic nitrogens is 1. The molecule has 114 valence electrons. The molecule has 1 N–H and O–H groups in total. The highest BCUT2D eigenvalue weighted by Crippen LogP contribution is 2.21. The Morgan fingerprint density at radius 2 is 1.91 bits per heavy atom. The number of para-hydroxylation sites is 1. The molecule has 0 aliphatic heterocycles. The third-order valence-corrected chi connectivity index (χ3v) is 3.70. The van der Waals surface area contributed by atoms with Gasteiger partial charge in [0, 0.05) is 17.6 Å². The number of pyridine rings is 1. The molecule has 0 atom stereocenters. The fourth-order valence-corrected chi connectivity index (χ4v) is 2.28. The van der Waals surface area contributed by atoms with Gasteiger partial charge in [-0.3, -0.25) is 14.6 Å². The molecule has 1 heterocycles. The Hall–Kier alpha value is -2.21. The van der Waals surface area contributed by atoms with E-state index in [1.54, 1.807) is 18.3 Å². The van der Waals surface area contributed by atoms with E-state index in [-0.39, 0.29) is 18.4 Å². The third kappa shape index (κ3) is 4.66. The Balaban J connectivity index is 2.00. The molecule has 22 heavy (non-hydrogen) atoms. The zero-order chi connectivity index (χ0) is 15.9. The summed E-state index contributed by atoms with van der Waals surface area (Å²) in [5, 5.41) is 2.78. The molecule has 0 aliphatic carbocycles. The number of nitrogens with one attached hydrogen (secondary N) is 1. The van der Waals surface area contributed by atoms with Crippen molar-refractivity contribution in [1.29, 1.82) is 0 Å². The van der Waals surface area contributed by atoms with Gasteiger partial charge in [-0.1, -0.05) is 18.2 Å². The van der Waals surface area contributed by atoms with Gasteiger partial charge in [-0.15, -0.1) is 0 Å². The molecule has 0 unspecified atom stereocenters. The van der Waals surface area contributed by atoms with Gasteiger partial charge in [0.15, 0.2) is 0 Å². The number of anilines is 1. The smallest absolute Gasteiger partial charge is 0.244 e. The van der Waals surface area contributed by atoms with Crippen molar-refractivity contribution in [3.05, 3.63) is 58.8 Å². The van der Waals surface area contributed by atoms with Gasteiger partial charge in [-0.05, 0) is 40.2 Å². The van der Waals surface area contributed by atoms with Crippen LogP contribution in [0.1, 0.15) is 12.6 Å². The van der Waals surface area contributed by atoms with E-state index in [2.05, 4.69) is 26.2 Å². The summed E-state index contributed by atoms with van der Waals surface area (Å²) in [4.78, 5) is 29.5. The van der Waals surface area contributed by atoms with Crippen molar-refractivity contribution < 1.29 is 9.59 Å². The summed E-state index contributed by atoms with van der Waals surface area (Å²) in [5.41, 5.74) is 1.42. The minimum absolute atomic E-state index is 0.0206. The van der Waals surface area contributed by atoms with E-state index in [4.69, 9.17) is 0 Å². The van der Waals surface area contributed by atoms with Gasteiger partial charge in [-0.2, -0.15) is 0 Å². The number of halogens is 1. The molecule has 1 aromatic heterocycles. The summed E-state index contributed by atoms with van der Waals surface area (Å²) in [6.07, 6.45) is 1.66. The highest BCUT2D eigenvalue weighted by Gasteiger charge is 2.15. The second-order valence-electron chi connectivity index (χ2n) is 4.72. The van der Waals surface area contributed by atoms with E-state index in [9.17, 15) is 9.59 Å². The Labute approximate surface area is 137 Å². The number of hydrogen-bond donors (Lipinski definition) is 1. The van der Waals surface area contributed by atoms with Crippen molar-refractivity contribution in [2.45, 2.75) is 13.5 Å². The fourth-order valence-electron chi connectivity index (χ4n) is 1.89. The number of hydrogen-bond acceptors (Lipinski definition) is 3. The number of amides is 2. The first kappa shape index (κ1) is 16.2. The molecule has 0 aliphatic rings. The summed E-state index contributed by atoms with van der Waals surface area (Å²) < 4.78 is 0.794. The van der Waals surface area contributed by atoms with E-state index >= 15 is 0 Å². The summed E-state index contributed by atoms with van der Waals surface area (Å²) in [6.45, 7) is 1.72. The van der Waals surface area contributed by atoms with Gasteiger partial charge < -0.3 is 10.2 Å². The second-order valence-corrected chi connectivity index (χ2v) is 5.58. The third-order valence-electron chi connectivity index (χ3n) is 3.01. The van der Waals surface area contributed by atoms with Gasteiger partial charge in [0.25, 0.3) is 0 Å². The maximum atomic E-state index is 12.1. The van der Waals surface area contributed by atoms with Crippen molar-refractivity contribution >= 4 is 33.4 Å². The maximum Gasteiger partial charge on any atom is 0.244 e. The molecule has 2 aromatic rings. The van der Waals surface area contributed by atoms with Crippen LogP contribution in [0.5, 0.6) is 0 Å². The van der Waals surface area contributed by atoms with E-state index in [0.29, 0.717) is 12.2 Å². The largest absolute Gasteiger partial charge is 0.328 e. The lowest BCUT2D eigenvalue weighted by molar-refractivity contribution is -0.133. The van der Waals surface area contributed by atoms with Crippen molar-refractivity contribution in [2.75, 3.05) is 11.9 Å². The summed E-state index contributed by atoms with van der Waals surface area (Å²) in [7, 11) is 0. The van der Waals surface area contributed by atoms with E-state index in [1.807, 2.05) is 30.3 Å². The number of benzene rings is 1. The Bertz CT molecular complexity index is 661. The van der Waals surface area contributed by atoms with Crippen LogP contribution in [0.3, 0.4) is 0 Å². The molecule has 2 rings (SSSR count). The van der Waals surface area contributed by atoms with Crippen LogP contribution in [0.4, 0.5) is 5.69 Å². The Morgan fingerprint density at radius 3 is 2.55 bits per heavy atom. The Kier molecular flexibility index (Phi) is 5.66. The number of carbonyl (C=O) groups excluding carboxylic acids is 2. The van der Waals surface area contributed by atoms with Crippen molar-refractivity contribution in [2.24, 2.45) is 0 Å². The predicted molar refractivity (Wildman–Crippen MR) is 88.1 cm³/mol. The van der Waals surface area contributed by atoms with Crippen LogP contribution >= 0.6 is 15.9 Å². The molecule has 0 fully saturated rings. The number of rotatable bonds is 5. The van der Waals surface area contributed by atoms with Crippen LogP contribution in [-0.2, 0) is 16.1 Å². The molecule has 1 aromatic carbocycles. The van der Waals surface area contributed by atoms with Crippen LogP contribution in [0.25, 0.3) is 0 Å². The lowest BCUT2D eigenvalue weighted by Crippen LogP contribution is -2.36. The SMILES string of the molecule is CC(=O)N(CC(=O)Nc1ccccc1Br)Cc1ccccn1.